The van der Waals surface area contributed by atoms with E-state index < -0.39 is 11.9 Å². The largest absolute Gasteiger partial charge is 0.481 e. The number of aliphatic carboxylic acids is 2. The zero-order valence-electron chi connectivity index (χ0n) is 24.8. The van der Waals surface area contributed by atoms with Gasteiger partial charge in [-0.25, -0.2) is 0 Å². The summed E-state index contributed by atoms with van der Waals surface area (Å²) in [6.45, 7) is 4.52. The Balaban J connectivity index is -0.000000608. The standard InChI is InChI=1S/2C16H32O2.Cu/c2*1-2-3-4-5-6-7-8-9-10-11-12-13-14-15-16(17)18;/h2*2-15H2,1H3,(H,17,18);. The van der Waals surface area contributed by atoms with E-state index in [0.29, 0.717) is 12.8 Å². The molecule has 0 fully saturated rings. The number of hydrogen-bond donors (Lipinski definition) is 2. The summed E-state index contributed by atoms with van der Waals surface area (Å²) in [5, 5.41) is 17.0. The molecule has 0 rings (SSSR count). The van der Waals surface area contributed by atoms with Gasteiger partial charge in [0.15, 0.2) is 0 Å². The van der Waals surface area contributed by atoms with Crippen LogP contribution in [0.2, 0.25) is 0 Å². The summed E-state index contributed by atoms with van der Waals surface area (Å²) in [5.41, 5.74) is 0. The quantitative estimate of drug-likeness (QED) is 0.0718. The van der Waals surface area contributed by atoms with Crippen molar-refractivity contribution in [1.82, 2.24) is 0 Å². The first kappa shape index (κ1) is 40.9. The molecule has 0 aliphatic rings. The third-order valence-electron chi connectivity index (χ3n) is 6.99. The molecule has 0 spiro atoms. The van der Waals surface area contributed by atoms with E-state index in [0.717, 1.165) is 25.7 Å². The fourth-order valence-corrected chi connectivity index (χ4v) is 4.59. The second kappa shape index (κ2) is 37.6. The van der Waals surface area contributed by atoms with Crippen molar-refractivity contribution in [2.75, 3.05) is 0 Å². The Labute approximate surface area is 242 Å². The zero-order chi connectivity index (χ0) is 27.0. The van der Waals surface area contributed by atoms with Gasteiger partial charge in [0, 0.05) is 29.9 Å². The van der Waals surface area contributed by atoms with Crippen LogP contribution in [0.1, 0.15) is 194 Å². The van der Waals surface area contributed by atoms with E-state index in [1.54, 1.807) is 0 Å². The molecule has 0 saturated carbocycles. The maximum absolute atomic E-state index is 10.3. The summed E-state index contributed by atoms with van der Waals surface area (Å²) >= 11 is 0. The van der Waals surface area contributed by atoms with Gasteiger partial charge in [0.05, 0.1) is 0 Å². The summed E-state index contributed by atoms with van der Waals surface area (Å²) in [5.74, 6) is -1.31. The fraction of sp³-hybridized carbons (Fsp3) is 0.938. The molecular weight excluding hydrogens is 512 g/mol. The maximum Gasteiger partial charge on any atom is 0.303 e. The van der Waals surface area contributed by atoms with E-state index in [-0.39, 0.29) is 17.1 Å². The molecule has 0 aromatic heterocycles. The van der Waals surface area contributed by atoms with E-state index in [9.17, 15) is 9.59 Å². The van der Waals surface area contributed by atoms with Crippen molar-refractivity contribution in [2.24, 2.45) is 0 Å². The Bertz CT molecular complexity index is 403. The molecule has 227 valence electrons. The number of unbranched alkanes of at least 4 members (excludes halogenated alkanes) is 24. The summed E-state index contributed by atoms with van der Waals surface area (Å²) in [7, 11) is 0. The number of carboxylic acid groups (broad SMARTS) is 2. The molecule has 0 aliphatic heterocycles. The summed E-state index contributed by atoms with van der Waals surface area (Å²) in [6.07, 6.45) is 34.5. The van der Waals surface area contributed by atoms with Crippen LogP contribution in [0.15, 0.2) is 0 Å². The van der Waals surface area contributed by atoms with Crippen molar-refractivity contribution in [3.63, 3.8) is 0 Å². The van der Waals surface area contributed by atoms with Gasteiger partial charge >= 0.3 is 11.9 Å². The molecule has 0 atom stereocenters. The summed E-state index contributed by atoms with van der Waals surface area (Å²) in [6, 6.07) is 0. The van der Waals surface area contributed by atoms with E-state index in [1.165, 1.54) is 141 Å². The maximum atomic E-state index is 10.3. The molecule has 0 unspecified atom stereocenters. The molecule has 0 amide bonds. The van der Waals surface area contributed by atoms with Gasteiger partial charge in [0.1, 0.15) is 0 Å². The molecule has 2 N–H and O–H groups in total. The predicted molar refractivity (Wildman–Crippen MR) is 156 cm³/mol. The first-order valence-corrected chi connectivity index (χ1v) is 16.0. The molecular formula is C32H64CuO4. The molecule has 0 bridgehead atoms. The van der Waals surface area contributed by atoms with Crippen LogP contribution in [0.25, 0.3) is 0 Å². The van der Waals surface area contributed by atoms with Crippen LogP contribution in [0.3, 0.4) is 0 Å². The third kappa shape index (κ3) is 45.7. The van der Waals surface area contributed by atoms with Crippen molar-refractivity contribution >= 4 is 11.9 Å². The molecule has 0 aliphatic carbocycles. The first-order chi connectivity index (χ1) is 17.5. The molecule has 37 heavy (non-hydrogen) atoms. The molecule has 1 radical (unpaired) electrons. The molecule has 4 nitrogen and oxygen atoms in total. The van der Waals surface area contributed by atoms with Gasteiger partial charge in [0.25, 0.3) is 0 Å². The molecule has 0 saturated heterocycles. The van der Waals surface area contributed by atoms with Gasteiger partial charge in [-0.05, 0) is 12.8 Å². The Hall–Kier alpha value is -0.541. The van der Waals surface area contributed by atoms with E-state index in [4.69, 9.17) is 10.2 Å². The Kier molecular flexibility index (Phi) is 41.6. The van der Waals surface area contributed by atoms with Crippen molar-refractivity contribution in [3.05, 3.63) is 0 Å². The molecule has 5 heteroatoms. The smallest absolute Gasteiger partial charge is 0.303 e. The van der Waals surface area contributed by atoms with Crippen molar-refractivity contribution in [1.29, 1.82) is 0 Å². The fourth-order valence-electron chi connectivity index (χ4n) is 4.59. The topological polar surface area (TPSA) is 74.6 Å². The van der Waals surface area contributed by atoms with Crippen LogP contribution in [0.4, 0.5) is 0 Å². The second-order valence-electron chi connectivity index (χ2n) is 10.8. The normalized spacial score (nSPS) is 10.4. The van der Waals surface area contributed by atoms with Crippen LogP contribution >= 0.6 is 0 Å². The van der Waals surface area contributed by atoms with Gasteiger partial charge < -0.3 is 10.2 Å². The van der Waals surface area contributed by atoms with Crippen molar-refractivity contribution in [2.45, 2.75) is 194 Å². The van der Waals surface area contributed by atoms with Crippen LogP contribution in [0.5, 0.6) is 0 Å². The van der Waals surface area contributed by atoms with Crippen molar-refractivity contribution < 1.29 is 36.9 Å². The zero-order valence-corrected chi connectivity index (χ0v) is 25.8. The van der Waals surface area contributed by atoms with E-state index >= 15 is 0 Å². The summed E-state index contributed by atoms with van der Waals surface area (Å²) in [4.78, 5) is 20.6. The summed E-state index contributed by atoms with van der Waals surface area (Å²) < 4.78 is 0. The van der Waals surface area contributed by atoms with Gasteiger partial charge in [-0.3, -0.25) is 9.59 Å². The minimum atomic E-state index is -0.655. The molecule has 0 aromatic rings. The minimum absolute atomic E-state index is 0. The number of carboxylic acids is 2. The monoisotopic (exact) mass is 575 g/mol. The Morgan fingerprint density at radius 2 is 0.514 bits per heavy atom. The third-order valence-corrected chi connectivity index (χ3v) is 6.99. The van der Waals surface area contributed by atoms with Gasteiger partial charge in [-0.15, -0.1) is 0 Å². The van der Waals surface area contributed by atoms with Crippen LogP contribution in [-0.2, 0) is 26.7 Å². The molecule has 0 heterocycles. The van der Waals surface area contributed by atoms with Gasteiger partial charge in [-0.2, -0.15) is 0 Å². The predicted octanol–water partition coefficient (Wildman–Crippen LogP) is 11.1. The van der Waals surface area contributed by atoms with E-state index in [2.05, 4.69) is 13.8 Å². The van der Waals surface area contributed by atoms with Gasteiger partial charge in [0.2, 0.25) is 0 Å². The number of carbonyl (C=O) groups is 2. The Morgan fingerprint density at radius 3 is 0.676 bits per heavy atom. The first-order valence-electron chi connectivity index (χ1n) is 16.0. The molecule has 0 aromatic carbocycles. The van der Waals surface area contributed by atoms with Crippen LogP contribution in [-0.4, -0.2) is 22.2 Å². The minimum Gasteiger partial charge on any atom is -0.481 e. The SMILES string of the molecule is CCCCCCCCCCCCCCCC(=O)O.CCCCCCCCCCCCCCCC(=O)O.[Cu]. The second-order valence-corrected chi connectivity index (χ2v) is 10.8. The Morgan fingerprint density at radius 1 is 0.351 bits per heavy atom. The van der Waals surface area contributed by atoms with E-state index in [1.807, 2.05) is 0 Å². The number of hydrogen-bond acceptors (Lipinski definition) is 2. The van der Waals surface area contributed by atoms with Gasteiger partial charge in [-0.1, -0.05) is 168 Å². The average Bonchev–Trinajstić information content (AvgIpc) is 2.85. The van der Waals surface area contributed by atoms with Crippen LogP contribution in [0, 0.1) is 0 Å². The number of rotatable bonds is 28. The average molecular weight is 576 g/mol. The van der Waals surface area contributed by atoms with Crippen molar-refractivity contribution in [3.8, 4) is 0 Å². The van der Waals surface area contributed by atoms with Crippen LogP contribution < -0.4 is 0 Å².